The molecule has 1 amide bonds. The Morgan fingerprint density at radius 1 is 1.42 bits per heavy atom. The number of nitrogens with zero attached hydrogens (tertiary/aromatic N) is 2. The maximum absolute atomic E-state index is 12.0. The Balaban J connectivity index is 2.02. The molecule has 0 aromatic carbocycles. The van der Waals surface area contributed by atoms with E-state index in [1.807, 2.05) is 0 Å². The standard InChI is InChI=1S/C11H16N4O3S/c12-11-9(4-3-5-13-11)19(17,18)14-8-10(16)15-6-1-2-7-15/h3-5,14H,1-2,6-8H2,(H2,12,13). The number of amides is 1. The summed E-state index contributed by atoms with van der Waals surface area (Å²) in [4.78, 5) is 17.0. The number of hydrogen-bond donors (Lipinski definition) is 2. The van der Waals surface area contributed by atoms with E-state index in [0.29, 0.717) is 13.1 Å². The predicted octanol–water partition coefficient (Wildman–Crippen LogP) is -0.435. The van der Waals surface area contributed by atoms with Crippen LogP contribution in [0.15, 0.2) is 23.2 Å². The van der Waals surface area contributed by atoms with E-state index >= 15 is 0 Å². The van der Waals surface area contributed by atoms with E-state index in [1.165, 1.54) is 18.3 Å². The molecule has 2 rings (SSSR count). The molecule has 104 valence electrons. The Kier molecular flexibility index (Phi) is 4.01. The van der Waals surface area contributed by atoms with Gasteiger partial charge >= 0.3 is 0 Å². The van der Waals surface area contributed by atoms with Gasteiger partial charge in [-0.15, -0.1) is 0 Å². The second-order valence-corrected chi connectivity index (χ2v) is 6.03. The zero-order valence-electron chi connectivity index (χ0n) is 10.4. The minimum Gasteiger partial charge on any atom is -0.383 e. The molecule has 0 saturated carbocycles. The number of pyridine rings is 1. The van der Waals surface area contributed by atoms with Crippen molar-refractivity contribution < 1.29 is 13.2 Å². The Morgan fingerprint density at radius 3 is 2.74 bits per heavy atom. The second kappa shape index (κ2) is 5.54. The van der Waals surface area contributed by atoms with E-state index < -0.39 is 10.0 Å². The number of carbonyl (C=O) groups excluding carboxylic acids is 1. The first-order valence-electron chi connectivity index (χ1n) is 5.98. The average Bonchev–Trinajstić information content (AvgIpc) is 2.90. The van der Waals surface area contributed by atoms with Crippen molar-refractivity contribution in [3.05, 3.63) is 18.3 Å². The van der Waals surface area contributed by atoms with Gasteiger partial charge in [0, 0.05) is 19.3 Å². The lowest BCUT2D eigenvalue weighted by atomic mass is 10.4. The molecule has 0 unspecified atom stereocenters. The highest BCUT2D eigenvalue weighted by Crippen LogP contribution is 2.14. The van der Waals surface area contributed by atoms with Crippen molar-refractivity contribution in [2.75, 3.05) is 25.4 Å². The monoisotopic (exact) mass is 284 g/mol. The minimum absolute atomic E-state index is 0.0800. The second-order valence-electron chi connectivity index (χ2n) is 4.30. The summed E-state index contributed by atoms with van der Waals surface area (Å²) in [6.07, 6.45) is 3.34. The maximum atomic E-state index is 12.0. The van der Waals surface area contributed by atoms with Crippen molar-refractivity contribution in [2.45, 2.75) is 17.7 Å². The molecule has 1 fully saturated rings. The highest BCUT2D eigenvalue weighted by Gasteiger charge is 2.22. The van der Waals surface area contributed by atoms with Crippen molar-refractivity contribution in [2.24, 2.45) is 0 Å². The van der Waals surface area contributed by atoms with Gasteiger partial charge < -0.3 is 10.6 Å². The van der Waals surface area contributed by atoms with Crippen LogP contribution in [0.25, 0.3) is 0 Å². The molecule has 0 aliphatic carbocycles. The molecular formula is C11H16N4O3S. The minimum atomic E-state index is -3.80. The molecule has 19 heavy (non-hydrogen) atoms. The zero-order chi connectivity index (χ0) is 13.9. The van der Waals surface area contributed by atoms with Gasteiger partial charge in [0.15, 0.2) is 0 Å². The van der Waals surface area contributed by atoms with Crippen LogP contribution < -0.4 is 10.5 Å². The van der Waals surface area contributed by atoms with Crippen molar-refractivity contribution in [3.63, 3.8) is 0 Å². The lowest BCUT2D eigenvalue weighted by Crippen LogP contribution is -2.38. The number of nitrogens with two attached hydrogens (primary N) is 1. The quantitative estimate of drug-likeness (QED) is 0.780. The number of carbonyl (C=O) groups is 1. The van der Waals surface area contributed by atoms with Crippen molar-refractivity contribution in [3.8, 4) is 0 Å². The predicted molar refractivity (Wildman–Crippen MR) is 69.7 cm³/mol. The third kappa shape index (κ3) is 3.21. The number of anilines is 1. The van der Waals surface area contributed by atoms with E-state index in [2.05, 4.69) is 9.71 Å². The van der Waals surface area contributed by atoms with Gasteiger partial charge in [-0.25, -0.2) is 18.1 Å². The fourth-order valence-corrected chi connectivity index (χ4v) is 3.00. The van der Waals surface area contributed by atoms with Gasteiger partial charge in [-0.3, -0.25) is 4.79 Å². The van der Waals surface area contributed by atoms with Gasteiger partial charge in [-0.1, -0.05) is 0 Å². The Hall–Kier alpha value is -1.67. The summed E-state index contributed by atoms with van der Waals surface area (Å²) in [5.41, 5.74) is 5.51. The molecule has 8 heteroatoms. The molecule has 1 aromatic heterocycles. The maximum Gasteiger partial charge on any atom is 0.244 e. The van der Waals surface area contributed by atoms with Crippen molar-refractivity contribution in [1.29, 1.82) is 0 Å². The highest BCUT2D eigenvalue weighted by molar-refractivity contribution is 7.89. The van der Waals surface area contributed by atoms with E-state index in [9.17, 15) is 13.2 Å². The van der Waals surface area contributed by atoms with Crippen LogP contribution >= 0.6 is 0 Å². The van der Waals surface area contributed by atoms with Crippen LogP contribution in [-0.4, -0.2) is 43.8 Å². The van der Waals surface area contributed by atoms with Crippen LogP contribution in [0.4, 0.5) is 5.82 Å². The Labute approximate surface area is 111 Å². The third-order valence-corrected chi connectivity index (χ3v) is 4.41. The first-order chi connectivity index (χ1) is 9.00. The number of hydrogen-bond acceptors (Lipinski definition) is 5. The number of aromatic nitrogens is 1. The molecule has 1 aliphatic rings. The van der Waals surface area contributed by atoms with Crippen LogP contribution in [-0.2, 0) is 14.8 Å². The molecule has 0 atom stereocenters. The molecule has 0 spiro atoms. The average molecular weight is 284 g/mol. The molecule has 2 heterocycles. The summed E-state index contributed by atoms with van der Waals surface area (Å²) in [7, 11) is -3.80. The first-order valence-corrected chi connectivity index (χ1v) is 7.47. The molecule has 1 aromatic rings. The Bertz CT molecular complexity index is 567. The van der Waals surface area contributed by atoms with E-state index in [-0.39, 0.29) is 23.2 Å². The van der Waals surface area contributed by atoms with Gasteiger partial charge in [0.25, 0.3) is 0 Å². The van der Waals surface area contributed by atoms with E-state index in [4.69, 9.17) is 5.73 Å². The van der Waals surface area contributed by atoms with Gasteiger partial charge in [0.2, 0.25) is 15.9 Å². The smallest absolute Gasteiger partial charge is 0.244 e. The van der Waals surface area contributed by atoms with Crippen LogP contribution in [0.5, 0.6) is 0 Å². The first kappa shape index (κ1) is 13.8. The SMILES string of the molecule is Nc1ncccc1S(=O)(=O)NCC(=O)N1CCCC1. The summed E-state index contributed by atoms with van der Waals surface area (Å²) in [5, 5.41) is 0. The van der Waals surface area contributed by atoms with Crippen LogP contribution in [0.2, 0.25) is 0 Å². The van der Waals surface area contributed by atoms with Crippen LogP contribution in [0.3, 0.4) is 0 Å². The van der Waals surface area contributed by atoms with Gasteiger partial charge in [0.1, 0.15) is 10.7 Å². The molecule has 0 radical (unpaired) electrons. The molecule has 3 N–H and O–H groups in total. The topological polar surface area (TPSA) is 105 Å². The summed E-state index contributed by atoms with van der Waals surface area (Å²) in [6.45, 7) is 1.13. The van der Waals surface area contributed by atoms with Gasteiger partial charge in [0.05, 0.1) is 6.54 Å². The van der Waals surface area contributed by atoms with Crippen molar-refractivity contribution in [1.82, 2.24) is 14.6 Å². The number of likely N-dealkylation sites (tertiary alicyclic amines) is 1. The number of rotatable bonds is 4. The van der Waals surface area contributed by atoms with Crippen LogP contribution in [0, 0.1) is 0 Å². The summed E-state index contributed by atoms with van der Waals surface area (Å²) in [5.74, 6) is -0.299. The highest BCUT2D eigenvalue weighted by atomic mass is 32.2. The molecule has 1 saturated heterocycles. The third-order valence-electron chi connectivity index (χ3n) is 2.96. The molecule has 0 bridgehead atoms. The fraction of sp³-hybridized carbons (Fsp3) is 0.455. The Morgan fingerprint density at radius 2 is 2.11 bits per heavy atom. The number of nitrogens with one attached hydrogen (secondary N) is 1. The fourth-order valence-electron chi connectivity index (χ4n) is 1.94. The molecule has 1 aliphatic heterocycles. The lowest BCUT2D eigenvalue weighted by Gasteiger charge is -2.15. The van der Waals surface area contributed by atoms with E-state index in [0.717, 1.165) is 12.8 Å². The van der Waals surface area contributed by atoms with Gasteiger partial charge in [-0.05, 0) is 25.0 Å². The molecular weight excluding hydrogens is 268 g/mol. The zero-order valence-corrected chi connectivity index (χ0v) is 11.2. The lowest BCUT2D eigenvalue weighted by molar-refractivity contribution is -0.128. The number of nitrogen functional groups attached to an aromatic ring is 1. The molecule has 7 nitrogen and oxygen atoms in total. The number of sulfonamides is 1. The van der Waals surface area contributed by atoms with Crippen molar-refractivity contribution >= 4 is 21.7 Å². The summed E-state index contributed by atoms with van der Waals surface area (Å²) >= 11 is 0. The van der Waals surface area contributed by atoms with E-state index in [1.54, 1.807) is 4.90 Å². The summed E-state index contributed by atoms with van der Waals surface area (Å²) in [6, 6.07) is 2.83. The summed E-state index contributed by atoms with van der Waals surface area (Å²) < 4.78 is 26.2. The van der Waals surface area contributed by atoms with Gasteiger partial charge in [-0.2, -0.15) is 0 Å². The van der Waals surface area contributed by atoms with Crippen LogP contribution in [0.1, 0.15) is 12.8 Å². The largest absolute Gasteiger partial charge is 0.383 e. The normalized spacial score (nSPS) is 15.7.